The normalized spacial score (nSPS) is 11.6. The second-order valence-corrected chi connectivity index (χ2v) is 9.16. The zero-order chi connectivity index (χ0) is 24.8. The van der Waals surface area contributed by atoms with Crippen molar-refractivity contribution in [3.05, 3.63) is 90.0 Å². The van der Waals surface area contributed by atoms with E-state index in [1.807, 2.05) is 30.3 Å². The second kappa shape index (κ2) is 10.6. The van der Waals surface area contributed by atoms with Crippen LogP contribution in [0.2, 0.25) is 0 Å². The van der Waals surface area contributed by atoms with Crippen LogP contribution in [0.3, 0.4) is 0 Å². The first-order valence-electron chi connectivity index (χ1n) is 10.3. The minimum absolute atomic E-state index is 0.0284. The maximum atomic E-state index is 13.4. The van der Waals surface area contributed by atoms with Gasteiger partial charge in [-0.3, -0.25) is 9.10 Å². The molecule has 0 bridgehead atoms. The molecular formula is C24H23F3N2O4S. The summed E-state index contributed by atoms with van der Waals surface area (Å²) in [6, 6.07) is 18.8. The van der Waals surface area contributed by atoms with Crippen molar-refractivity contribution in [2.75, 3.05) is 24.5 Å². The zero-order valence-corrected chi connectivity index (χ0v) is 19.1. The number of methoxy groups -OCH3 is 1. The van der Waals surface area contributed by atoms with Gasteiger partial charge in [0.05, 0.1) is 23.3 Å². The van der Waals surface area contributed by atoms with Gasteiger partial charge in [0.15, 0.2) is 0 Å². The first-order chi connectivity index (χ1) is 16.1. The monoisotopic (exact) mass is 492 g/mol. The molecule has 0 aliphatic carbocycles. The van der Waals surface area contributed by atoms with Gasteiger partial charge < -0.3 is 10.1 Å². The number of amides is 1. The third-order valence-electron chi connectivity index (χ3n) is 4.97. The second-order valence-electron chi connectivity index (χ2n) is 7.29. The molecule has 0 radical (unpaired) electrons. The van der Waals surface area contributed by atoms with Crippen LogP contribution in [-0.2, 0) is 27.4 Å². The number of benzene rings is 3. The van der Waals surface area contributed by atoms with Crippen LogP contribution in [0.4, 0.5) is 18.9 Å². The smallest absolute Gasteiger partial charge is 0.416 e. The lowest BCUT2D eigenvalue weighted by Crippen LogP contribution is -2.41. The number of nitrogens with zero attached hydrogens (tertiary/aromatic N) is 1. The van der Waals surface area contributed by atoms with Gasteiger partial charge in [0.25, 0.3) is 10.0 Å². The van der Waals surface area contributed by atoms with Crippen molar-refractivity contribution in [1.29, 1.82) is 0 Å². The third-order valence-corrected chi connectivity index (χ3v) is 6.72. The molecule has 3 rings (SSSR count). The van der Waals surface area contributed by atoms with Gasteiger partial charge in [0.2, 0.25) is 5.91 Å². The van der Waals surface area contributed by atoms with E-state index in [4.69, 9.17) is 4.74 Å². The molecule has 0 spiro atoms. The van der Waals surface area contributed by atoms with Crippen LogP contribution in [0, 0.1) is 0 Å². The van der Waals surface area contributed by atoms with Gasteiger partial charge in [-0.2, -0.15) is 13.2 Å². The number of carbonyl (C=O) groups is 1. The number of anilines is 1. The van der Waals surface area contributed by atoms with E-state index in [1.54, 1.807) is 12.1 Å². The van der Waals surface area contributed by atoms with Gasteiger partial charge in [-0.1, -0.05) is 48.5 Å². The fourth-order valence-electron chi connectivity index (χ4n) is 3.27. The van der Waals surface area contributed by atoms with Gasteiger partial charge in [-0.05, 0) is 42.3 Å². The summed E-state index contributed by atoms with van der Waals surface area (Å²) >= 11 is 0. The number of rotatable bonds is 9. The molecule has 0 fully saturated rings. The molecule has 1 amide bonds. The molecule has 3 aromatic carbocycles. The Morgan fingerprint density at radius 1 is 0.971 bits per heavy atom. The molecule has 0 saturated carbocycles. The number of halogens is 3. The van der Waals surface area contributed by atoms with Crippen molar-refractivity contribution in [1.82, 2.24) is 5.32 Å². The Morgan fingerprint density at radius 2 is 1.65 bits per heavy atom. The van der Waals surface area contributed by atoms with Crippen LogP contribution in [0.15, 0.2) is 83.8 Å². The maximum Gasteiger partial charge on any atom is 0.416 e. The van der Waals surface area contributed by atoms with E-state index in [9.17, 15) is 26.4 Å². The van der Waals surface area contributed by atoms with E-state index in [0.717, 1.165) is 28.1 Å². The number of ether oxygens (including phenoxy) is 1. The highest BCUT2D eigenvalue weighted by atomic mass is 32.2. The lowest BCUT2D eigenvalue weighted by atomic mass is 10.1. The Labute approximate surface area is 196 Å². The van der Waals surface area contributed by atoms with Crippen molar-refractivity contribution < 1.29 is 31.1 Å². The highest BCUT2D eigenvalue weighted by Gasteiger charge is 2.34. The Kier molecular flexibility index (Phi) is 7.83. The van der Waals surface area contributed by atoms with Crippen molar-refractivity contribution >= 4 is 21.6 Å². The van der Waals surface area contributed by atoms with E-state index in [2.05, 4.69) is 5.32 Å². The summed E-state index contributed by atoms with van der Waals surface area (Å²) in [4.78, 5) is 12.1. The average molecular weight is 493 g/mol. The lowest BCUT2D eigenvalue weighted by molar-refractivity contribution is -0.137. The van der Waals surface area contributed by atoms with Crippen molar-refractivity contribution in [2.45, 2.75) is 17.5 Å². The third kappa shape index (κ3) is 6.07. The Hall–Kier alpha value is -3.53. The Morgan fingerprint density at radius 3 is 2.32 bits per heavy atom. The van der Waals surface area contributed by atoms with Crippen LogP contribution in [0.5, 0.6) is 5.75 Å². The molecule has 180 valence electrons. The molecule has 6 nitrogen and oxygen atoms in total. The van der Waals surface area contributed by atoms with Crippen LogP contribution in [0.25, 0.3) is 0 Å². The molecule has 3 aromatic rings. The summed E-state index contributed by atoms with van der Waals surface area (Å²) in [5, 5.41) is 2.66. The standard InChI is InChI=1S/C24H23F3N2O4S/c1-33-22-13-6-5-12-21(22)29(17-23(30)28-15-14-18-8-3-2-4-9-18)34(31,32)20-11-7-10-19(16-20)24(25,26)27/h2-13,16H,14-15,17H2,1H3,(H,28,30). The molecular weight excluding hydrogens is 469 g/mol. The van der Waals surface area contributed by atoms with E-state index >= 15 is 0 Å². The lowest BCUT2D eigenvalue weighted by Gasteiger charge is -2.26. The summed E-state index contributed by atoms with van der Waals surface area (Å²) in [6.07, 6.45) is -4.20. The van der Waals surface area contributed by atoms with E-state index in [-0.39, 0.29) is 18.0 Å². The minimum Gasteiger partial charge on any atom is -0.495 e. The maximum absolute atomic E-state index is 13.4. The Bertz CT molecular complexity index is 1230. The topological polar surface area (TPSA) is 75.7 Å². The van der Waals surface area contributed by atoms with Gasteiger partial charge in [-0.15, -0.1) is 0 Å². The molecule has 0 heterocycles. The van der Waals surface area contributed by atoms with Crippen LogP contribution >= 0.6 is 0 Å². The SMILES string of the molecule is COc1ccccc1N(CC(=O)NCCc1ccccc1)S(=O)(=O)c1cccc(C(F)(F)F)c1. The van der Waals surface area contributed by atoms with Crippen molar-refractivity contribution in [2.24, 2.45) is 0 Å². The Balaban J connectivity index is 1.90. The minimum atomic E-state index is -4.73. The fraction of sp³-hybridized carbons (Fsp3) is 0.208. The van der Waals surface area contributed by atoms with E-state index in [0.29, 0.717) is 12.5 Å². The fourth-order valence-corrected chi connectivity index (χ4v) is 4.75. The van der Waals surface area contributed by atoms with Crippen LogP contribution < -0.4 is 14.4 Å². The quantitative estimate of drug-likeness (QED) is 0.484. The first kappa shape index (κ1) is 25.1. The van der Waals surface area contributed by atoms with E-state index in [1.165, 1.54) is 19.2 Å². The van der Waals surface area contributed by atoms with Gasteiger partial charge in [-0.25, -0.2) is 8.42 Å². The number of alkyl halides is 3. The predicted molar refractivity (Wildman–Crippen MR) is 122 cm³/mol. The number of carbonyl (C=O) groups excluding carboxylic acids is 1. The number of sulfonamides is 1. The first-order valence-corrected chi connectivity index (χ1v) is 11.7. The molecule has 0 aliphatic heterocycles. The van der Waals surface area contributed by atoms with Crippen LogP contribution in [0.1, 0.15) is 11.1 Å². The predicted octanol–water partition coefficient (Wildman–Crippen LogP) is 4.27. The van der Waals surface area contributed by atoms with Gasteiger partial charge in [0, 0.05) is 6.54 Å². The highest BCUT2D eigenvalue weighted by molar-refractivity contribution is 7.92. The summed E-state index contributed by atoms with van der Waals surface area (Å²) in [5.41, 5.74) is -0.0949. The highest BCUT2D eigenvalue weighted by Crippen LogP contribution is 2.34. The van der Waals surface area contributed by atoms with Gasteiger partial charge >= 0.3 is 6.18 Å². The summed E-state index contributed by atoms with van der Waals surface area (Å²) in [5.74, 6) is -0.465. The number of hydrogen-bond donors (Lipinski definition) is 1. The largest absolute Gasteiger partial charge is 0.495 e. The number of para-hydroxylation sites is 2. The number of hydrogen-bond acceptors (Lipinski definition) is 4. The average Bonchev–Trinajstić information content (AvgIpc) is 2.82. The van der Waals surface area contributed by atoms with E-state index < -0.39 is 39.1 Å². The molecule has 0 saturated heterocycles. The van der Waals surface area contributed by atoms with Crippen molar-refractivity contribution in [3.8, 4) is 5.75 Å². The molecule has 34 heavy (non-hydrogen) atoms. The van der Waals surface area contributed by atoms with Gasteiger partial charge in [0.1, 0.15) is 12.3 Å². The molecule has 0 atom stereocenters. The molecule has 0 aromatic heterocycles. The molecule has 0 aliphatic rings. The molecule has 1 N–H and O–H groups in total. The molecule has 0 unspecified atom stereocenters. The van der Waals surface area contributed by atoms with Crippen molar-refractivity contribution in [3.63, 3.8) is 0 Å². The van der Waals surface area contributed by atoms with Crippen LogP contribution in [-0.4, -0.2) is 34.5 Å². The number of nitrogens with one attached hydrogen (secondary N) is 1. The summed E-state index contributed by atoms with van der Waals surface area (Å²) in [7, 11) is -3.22. The molecule has 10 heteroatoms. The summed E-state index contributed by atoms with van der Waals surface area (Å²) < 4.78 is 72.4. The summed E-state index contributed by atoms with van der Waals surface area (Å²) in [6.45, 7) is -0.389. The zero-order valence-electron chi connectivity index (χ0n) is 18.2.